The fraction of sp³-hybridized carbons (Fsp3) is 0.500. The molecule has 1 aromatic heterocycles. The molecule has 0 amide bonds. The Morgan fingerprint density at radius 1 is 1.69 bits per heavy atom. The van der Waals surface area contributed by atoms with E-state index < -0.39 is 22.0 Å². The standard InChI is InChI=1S/C8H13N3O4S/c1-2-6(3-8(12)13)11-16(14,15)7-4-9-10-5-7/h4-6,11H,2-3H2,1H3,(H,9,10)(H,12,13). The van der Waals surface area contributed by atoms with Crippen molar-refractivity contribution in [2.24, 2.45) is 0 Å². The third-order valence-electron chi connectivity index (χ3n) is 2.02. The number of nitrogens with zero attached hydrogens (tertiary/aromatic N) is 1. The van der Waals surface area contributed by atoms with Crippen molar-refractivity contribution in [1.29, 1.82) is 0 Å². The average molecular weight is 247 g/mol. The van der Waals surface area contributed by atoms with Crippen LogP contribution in [0.4, 0.5) is 0 Å². The summed E-state index contributed by atoms with van der Waals surface area (Å²) in [6.07, 6.45) is 2.56. The van der Waals surface area contributed by atoms with Crippen LogP contribution in [0.2, 0.25) is 0 Å². The first kappa shape index (κ1) is 12.7. The van der Waals surface area contributed by atoms with Crippen LogP contribution < -0.4 is 4.72 Å². The highest BCUT2D eigenvalue weighted by Gasteiger charge is 2.21. The molecule has 0 saturated carbocycles. The predicted molar refractivity (Wildman–Crippen MR) is 55.2 cm³/mol. The van der Waals surface area contributed by atoms with Crippen LogP contribution in [0.15, 0.2) is 17.3 Å². The molecule has 0 aliphatic carbocycles. The third-order valence-corrected chi connectivity index (χ3v) is 3.51. The van der Waals surface area contributed by atoms with Crippen LogP contribution in [0.1, 0.15) is 19.8 Å². The molecule has 0 bridgehead atoms. The van der Waals surface area contributed by atoms with Gasteiger partial charge in [0.1, 0.15) is 4.90 Å². The van der Waals surface area contributed by atoms with Gasteiger partial charge in [-0.3, -0.25) is 9.89 Å². The quantitative estimate of drug-likeness (QED) is 0.652. The number of hydrogen-bond acceptors (Lipinski definition) is 4. The van der Waals surface area contributed by atoms with Gasteiger partial charge in [0.25, 0.3) is 0 Å². The van der Waals surface area contributed by atoms with Gasteiger partial charge in [-0.15, -0.1) is 0 Å². The van der Waals surface area contributed by atoms with E-state index in [-0.39, 0.29) is 11.3 Å². The van der Waals surface area contributed by atoms with Crippen LogP contribution in [-0.2, 0) is 14.8 Å². The lowest BCUT2D eigenvalue weighted by molar-refractivity contribution is -0.137. The largest absolute Gasteiger partial charge is 0.481 e. The summed E-state index contributed by atoms with van der Waals surface area (Å²) in [4.78, 5) is 10.5. The first-order valence-corrected chi connectivity index (χ1v) is 6.17. The number of H-pyrrole nitrogens is 1. The fourth-order valence-electron chi connectivity index (χ4n) is 1.15. The number of aromatic nitrogens is 2. The summed E-state index contributed by atoms with van der Waals surface area (Å²) in [5.74, 6) is -1.04. The van der Waals surface area contributed by atoms with Gasteiger partial charge in [0.15, 0.2) is 0 Å². The second kappa shape index (κ2) is 5.08. The Bertz CT molecular complexity index is 440. The molecule has 0 aliphatic rings. The Morgan fingerprint density at radius 2 is 2.38 bits per heavy atom. The van der Waals surface area contributed by atoms with Gasteiger partial charge in [-0.2, -0.15) is 5.10 Å². The van der Waals surface area contributed by atoms with E-state index in [0.29, 0.717) is 6.42 Å². The van der Waals surface area contributed by atoms with Gasteiger partial charge < -0.3 is 5.11 Å². The highest BCUT2D eigenvalue weighted by Crippen LogP contribution is 2.08. The molecule has 0 aliphatic heterocycles. The maximum atomic E-state index is 11.7. The zero-order valence-corrected chi connectivity index (χ0v) is 9.49. The molecule has 7 nitrogen and oxygen atoms in total. The molecule has 1 atom stereocenters. The van der Waals surface area contributed by atoms with Crippen LogP contribution in [0.25, 0.3) is 0 Å². The number of aromatic amines is 1. The number of aliphatic carboxylic acids is 1. The maximum absolute atomic E-state index is 11.7. The van der Waals surface area contributed by atoms with Gasteiger partial charge in [0.2, 0.25) is 10.0 Å². The van der Waals surface area contributed by atoms with Crippen molar-refractivity contribution in [1.82, 2.24) is 14.9 Å². The van der Waals surface area contributed by atoms with Crippen molar-refractivity contribution in [3.8, 4) is 0 Å². The molecule has 1 unspecified atom stereocenters. The minimum atomic E-state index is -3.68. The van der Waals surface area contributed by atoms with Crippen molar-refractivity contribution in [2.45, 2.75) is 30.7 Å². The van der Waals surface area contributed by atoms with E-state index in [9.17, 15) is 13.2 Å². The van der Waals surface area contributed by atoms with Gasteiger partial charge in [-0.25, -0.2) is 13.1 Å². The molecule has 0 radical (unpaired) electrons. The van der Waals surface area contributed by atoms with Crippen molar-refractivity contribution in [3.63, 3.8) is 0 Å². The Labute approximate surface area is 92.9 Å². The van der Waals surface area contributed by atoms with Crippen molar-refractivity contribution >= 4 is 16.0 Å². The number of nitrogens with one attached hydrogen (secondary N) is 2. The van der Waals surface area contributed by atoms with Gasteiger partial charge in [-0.05, 0) is 6.42 Å². The third kappa shape index (κ3) is 3.31. The molecule has 0 fully saturated rings. The number of carboxylic acid groups (broad SMARTS) is 1. The topological polar surface area (TPSA) is 112 Å². The highest BCUT2D eigenvalue weighted by atomic mass is 32.2. The van der Waals surface area contributed by atoms with E-state index in [0.717, 1.165) is 6.20 Å². The fourth-order valence-corrected chi connectivity index (χ4v) is 2.38. The van der Waals surface area contributed by atoms with Crippen molar-refractivity contribution in [2.75, 3.05) is 0 Å². The molecule has 90 valence electrons. The maximum Gasteiger partial charge on any atom is 0.304 e. The van der Waals surface area contributed by atoms with E-state index in [1.807, 2.05) is 0 Å². The summed E-state index contributed by atoms with van der Waals surface area (Å²) in [7, 11) is -3.68. The van der Waals surface area contributed by atoms with Crippen LogP contribution in [-0.4, -0.2) is 35.7 Å². The molecule has 1 aromatic rings. The Hall–Kier alpha value is -1.41. The zero-order chi connectivity index (χ0) is 12.2. The minimum Gasteiger partial charge on any atom is -0.481 e. The molecule has 8 heteroatoms. The Morgan fingerprint density at radius 3 is 2.81 bits per heavy atom. The van der Waals surface area contributed by atoms with E-state index in [1.54, 1.807) is 6.92 Å². The smallest absolute Gasteiger partial charge is 0.304 e. The number of rotatable bonds is 6. The number of hydrogen-bond donors (Lipinski definition) is 3. The van der Waals surface area contributed by atoms with E-state index in [4.69, 9.17) is 5.11 Å². The monoisotopic (exact) mass is 247 g/mol. The van der Waals surface area contributed by atoms with E-state index in [1.165, 1.54) is 6.20 Å². The van der Waals surface area contributed by atoms with Gasteiger partial charge in [0.05, 0.1) is 12.6 Å². The Kier molecular flexibility index (Phi) is 4.02. The summed E-state index contributed by atoms with van der Waals surface area (Å²) in [6.45, 7) is 1.71. The molecule has 1 heterocycles. The van der Waals surface area contributed by atoms with Crippen LogP contribution in [0.3, 0.4) is 0 Å². The number of sulfonamides is 1. The lowest BCUT2D eigenvalue weighted by Gasteiger charge is -2.13. The van der Waals surface area contributed by atoms with Crippen molar-refractivity contribution < 1.29 is 18.3 Å². The van der Waals surface area contributed by atoms with E-state index in [2.05, 4.69) is 14.9 Å². The SMILES string of the molecule is CCC(CC(=O)O)NS(=O)(=O)c1cn[nH]c1. The molecule has 16 heavy (non-hydrogen) atoms. The molecule has 3 N–H and O–H groups in total. The predicted octanol–water partition coefficient (Wildman–Crippen LogP) is -0.0587. The summed E-state index contributed by atoms with van der Waals surface area (Å²) in [6, 6.07) is -0.614. The summed E-state index contributed by atoms with van der Waals surface area (Å²) >= 11 is 0. The summed E-state index contributed by atoms with van der Waals surface area (Å²) in [5, 5.41) is 14.5. The van der Waals surface area contributed by atoms with Gasteiger partial charge >= 0.3 is 5.97 Å². The second-order valence-electron chi connectivity index (χ2n) is 3.26. The number of carboxylic acids is 1. The lowest BCUT2D eigenvalue weighted by atomic mass is 10.2. The van der Waals surface area contributed by atoms with Crippen molar-refractivity contribution in [3.05, 3.63) is 12.4 Å². The van der Waals surface area contributed by atoms with Gasteiger partial charge in [-0.1, -0.05) is 6.92 Å². The molecule has 0 spiro atoms. The normalized spacial score (nSPS) is 13.6. The summed E-state index contributed by atoms with van der Waals surface area (Å²) < 4.78 is 25.7. The minimum absolute atomic E-state index is 0.00339. The van der Waals surface area contributed by atoms with Crippen LogP contribution in [0.5, 0.6) is 0 Å². The molecule has 0 saturated heterocycles. The molecular formula is C8H13N3O4S. The Balaban J connectivity index is 2.75. The zero-order valence-electron chi connectivity index (χ0n) is 8.67. The number of carbonyl (C=O) groups is 1. The molecule has 1 rings (SSSR count). The first-order chi connectivity index (χ1) is 7.45. The van der Waals surface area contributed by atoms with Gasteiger partial charge in [0, 0.05) is 12.2 Å². The van der Waals surface area contributed by atoms with Crippen LogP contribution in [0, 0.1) is 0 Å². The highest BCUT2D eigenvalue weighted by molar-refractivity contribution is 7.89. The molecular weight excluding hydrogens is 234 g/mol. The lowest BCUT2D eigenvalue weighted by Crippen LogP contribution is -2.35. The average Bonchev–Trinajstić information content (AvgIpc) is 2.68. The second-order valence-corrected chi connectivity index (χ2v) is 4.97. The van der Waals surface area contributed by atoms with E-state index >= 15 is 0 Å². The molecule has 0 aromatic carbocycles. The summed E-state index contributed by atoms with van der Waals surface area (Å²) in [5.41, 5.74) is 0. The van der Waals surface area contributed by atoms with Crippen LogP contribution >= 0.6 is 0 Å². The first-order valence-electron chi connectivity index (χ1n) is 4.68.